The summed E-state index contributed by atoms with van der Waals surface area (Å²) >= 11 is 1.53. The zero-order valence-corrected chi connectivity index (χ0v) is 18.4. The van der Waals surface area contributed by atoms with E-state index in [1.807, 2.05) is 38.3 Å². The van der Waals surface area contributed by atoms with Crippen molar-refractivity contribution in [3.63, 3.8) is 0 Å². The molecular formula is C24H27NO4S. The molecule has 158 valence electrons. The van der Waals surface area contributed by atoms with E-state index in [0.29, 0.717) is 12.2 Å². The maximum Gasteiger partial charge on any atom is 0.295 e. The molecule has 1 aliphatic heterocycles. The van der Waals surface area contributed by atoms with Gasteiger partial charge in [0.15, 0.2) is 0 Å². The number of thiophene rings is 1. The number of aliphatic hydroxyl groups is 1. The van der Waals surface area contributed by atoms with Crippen molar-refractivity contribution in [2.45, 2.75) is 58.5 Å². The van der Waals surface area contributed by atoms with Crippen molar-refractivity contribution in [3.8, 4) is 5.75 Å². The van der Waals surface area contributed by atoms with E-state index in [2.05, 4.69) is 0 Å². The van der Waals surface area contributed by atoms with Gasteiger partial charge in [-0.25, -0.2) is 0 Å². The summed E-state index contributed by atoms with van der Waals surface area (Å²) in [6, 6.07) is 6.86. The lowest BCUT2D eigenvalue weighted by Crippen LogP contribution is -2.37. The Bertz CT molecular complexity index is 1020. The average molecular weight is 426 g/mol. The highest BCUT2D eigenvalue weighted by Crippen LogP contribution is 2.46. The van der Waals surface area contributed by atoms with E-state index in [1.54, 1.807) is 17.0 Å². The van der Waals surface area contributed by atoms with Crippen LogP contribution in [0.15, 0.2) is 35.2 Å². The molecule has 1 aromatic heterocycles. The van der Waals surface area contributed by atoms with Gasteiger partial charge >= 0.3 is 0 Å². The number of rotatable bonds is 5. The van der Waals surface area contributed by atoms with Crippen molar-refractivity contribution >= 4 is 28.8 Å². The lowest BCUT2D eigenvalue weighted by Gasteiger charge is -2.30. The maximum absolute atomic E-state index is 13.1. The number of likely N-dealkylation sites (tertiary alicyclic amines) is 1. The molecule has 2 aliphatic rings. The third kappa shape index (κ3) is 3.43. The lowest BCUT2D eigenvalue weighted by atomic mass is 9.97. The zero-order chi connectivity index (χ0) is 21.4. The standard InChI is InChI=1S/C24H27NO4S/c1-4-29-18-10-9-16(13-15(18)3)21(26)19-20(23-14(2)11-12-30-23)25(24(28)22(19)27)17-7-5-6-8-17/h9-13,17,20,26H,4-8H2,1-3H3/b21-19-. The Balaban J connectivity index is 1.85. The second-order valence-electron chi connectivity index (χ2n) is 8.03. The minimum absolute atomic E-state index is 0.0420. The van der Waals surface area contributed by atoms with Crippen molar-refractivity contribution in [2.75, 3.05) is 6.61 Å². The first-order chi connectivity index (χ1) is 14.4. The van der Waals surface area contributed by atoms with Gasteiger partial charge in [-0.3, -0.25) is 9.59 Å². The minimum Gasteiger partial charge on any atom is -0.507 e. The highest BCUT2D eigenvalue weighted by molar-refractivity contribution is 7.10. The van der Waals surface area contributed by atoms with Crippen LogP contribution >= 0.6 is 11.3 Å². The van der Waals surface area contributed by atoms with E-state index >= 15 is 0 Å². The average Bonchev–Trinajstić information content (AvgIpc) is 3.44. The van der Waals surface area contributed by atoms with Crippen LogP contribution < -0.4 is 4.74 Å². The Morgan fingerprint density at radius 1 is 1.17 bits per heavy atom. The second-order valence-corrected chi connectivity index (χ2v) is 8.97. The summed E-state index contributed by atoms with van der Waals surface area (Å²) in [6.07, 6.45) is 3.91. The topological polar surface area (TPSA) is 66.8 Å². The van der Waals surface area contributed by atoms with Crippen LogP contribution in [0.2, 0.25) is 0 Å². The van der Waals surface area contributed by atoms with Gasteiger partial charge < -0.3 is 14.7 Å². The van der Waals surface area contributed by atoms with Crippen LogP contribution in [-0.4, -0.2) is 34.3 Å². The van der Waals surface area contributed by atoms with E-state index < -0.39 is 17.7 Å². The summed E-state index contributed by atoms with van der Waals surface area (Å²) in [6.45, 7) is 6.36. The van der Waals surface area contributed by atoms with Crippen molar-refractivity contribution in [1.82, 2.24) is 4.90 Å². The number of hydrogen-bond acceptors (Lipinski definition) is 5. The molecule has 1 saturated carbocycles. The molecule has 5 nitrogen and oxygen atoms in total. The first-order valence-electron chi connectivity index (χ1n) is 10.5. The fraction of sp³-hybridized carbons (Fsp3) is 0.417. The number of carbonyl (C=O) groups excluding carboxylic acids is 2. The molecular weight excluding hydrogens is 398 g/mol. The fourth-order valence-corrected chi connectivity index (χ4v) is 5.63. The molecule has 2 heterocycles. The molecule has 1 unspecified atom stereocenters. The summed E-state index contributed by atoms with van der Waals surface area (Å²) < 4.78 is 5.59. The third-order valence-corrected chi connectivity index (χ3v) is 7.17. The van der Waals surface area contributed by atoms with E-state index in [1.165, 1.54) is 11.3 Å². The monoisotopic (exact) mass is 425 g/mol. The smallest absolute Gasteiger partial charge is 0.295 e. The van der Waals surface area contributed by atoms with Crippen LogP contribution in [0.4, 0.5) is 0 Å². The molecule has 0 radical (unpaired) electrons. The molecule has 1 aromatic carbocycles. The van der Waals surface area contributed by atoms with Crippen LogP contribution in [0.3, 0.4) is 0 Å². The van der Waals surface area contributed by atoms with Crippen LogP contribution in [0, 0.1) is 13.8 Å². The normalized spacial score (nSPS) is 21.6. The Hall–Kier alpha value is -2.60. The van der Waals surface area contributed by atoms with Gasteiger partial charge in [-0.1, -0.05) is 12.8 Å². The molecule has 2 aromatic rings. The number of benzene rings is 1. The van der Waals surface area contributed by atoms with E-state index in [9.17, 15) is 14.7 Å². The number of hydrogen-bond donors (Lipinski definition) is 1. The number of Topliss-reactive ketones (excluding diaryl/α,β-unsaturated/α-hetero) is 1. The fourth-order valence-electron chi connectivity index (χ4n) is 4.60. The number of carbonyl (C=O) groups is 2. The van der Waals surface area contributed by atoms with Crippen LogP contribution in [0.25, 0.3) is 5.76 Å². The Morgan fingerprint density at radius 3 is 2.50 bits per heavy atom. The predicted octanol–water partition coefficient (Wildman–Crippen LogP) is 5.13. The summed E-state index contributed by atoms with van der Waals surface area (Å²) in [5.74, 6) is -0.462. The second kappa shape index (κ2) is 8.26. The number of ether oxygens (including phenoxy) is 1. The Morgan fingerprint density at radius 2 is 1.90 bits per heavy atom. The summed E-state index contributed by atoms with van der Waals surface area (Å²) in [5.41, 5.74) is 2.62. The van der Waals surface area contributed by atoms with Gasteiger partial charge in [0.05, 0.1) is 12.2 Å². The first-order valence-corrected chi connectivity index (χ1v) is 11.4. The quantitative estimate of drug-likeness (QED) is 0.410. The summed E-state index contributed by atoms with van der Waals surface area (Å²) in [5, 5.41) is 13.2. The molecule has 0 bridgehead atoms. The molecule has 1 saturated heterocycles. The van der Waals surface area contributed by atoms with Gasteiger partial charge in [0, 0.05) is 16.5 Å². The van der Waals surface area contributed by atoms with Crippen molar-refractivity contribution in [2.24, 2.45) is 0 Å². The van der Waals surface area contributed by atoms with E-state index in [4.69, 9.17) is 4.74 Å². The summed E-state index contributed by atoms with van der Waals surface area (Å²) in [7, 11) is 0. The third-order valence-electron chi connectivity index (χ3n) is 6.10. The summed E-state index contributed by atoms with van der Waals surface area (Å²) in [4.78, 5) is 28.9. The molecule has 4 rings (SSSR count). The number of ketones is 1. The van der Waals surface area contributed by atoms with Crippen molar-refractivity contribution in [1.29, 1.82) is 0 Å². The molecule has 0 spiro atoms. The van der Waals surface area contributed by atoms with Crippen molar-refractivity contribution in [3.05, 3.63) is 56.8 Å². The van der Waals surface area contributed by atoms with Gasteiger partial charge in [-0.05, 0) is 74.4 Å². The number of aryl methyl sites for hydroxylation is 2. The zero-order valence-electron chi connectivity index (χ0n) is 17.6. The van der Waals surface area contributed by atoms with Gasteiger partial charge in [0.1, 0.15) is 17.6 Å². The Labute approximate surface area is 181 Å². The van der Waals surface area contributed by atoms with Crippen molar-refractivity contribution < 1.29 is 19.4 Å². The lowest BCUT2D eigenvalue weighted by molar-refractivity contribution is -0.141. The van der Waals surface area contributed by atoms with Crippen LogP contribution in [-0.2, 0) is 9.59 Å². The number of aliphatic hydroxyl groups excluding tert-OH is 1. The van der Waals surface area contributed by atoms with Crippen LogP contribution in [0.1, 0.15) is 60.2 Å². The molecule has 6 heteroatoms. The Kier molecular flexibility index (Phi) is 5.69. The minimum atomic E-state index is -0.594. The molecule has 30 heavy (non-hydrogen) atoms. The molecule has 1 N–H and O–H groups in total. The molecule has 1 aliphatic carbocycles. The van der Waals surface area contributed by atoms with E-state index in [0.717, 1.165) is 47.4 Å². The SMILES string of the molecule is CCOc1ccc(/C(O)=C2/C(=O)C(=O)N(C3CCCC3)C2c2sccc2C)cc1C. The largest absolute Gasteiger partial charge is 0.507 e. The van der Waals surface area contributed by atoms with Gasteiger partial charge in [0.2, 0.25) is 0 Å². The van der Waals surface area contributed by atoms with Gasteiger partial charge in [-0.2, -0.15) is 0 Å². The maximum atomic E-state index is 13.1. The number of amides is 1. The van der Waals surface area contributed by atoms with Gasteiger partial charge in [0.25, 0.3) is 11.7 Å². The molecule has 1 amide bonds. The van der Waals surface area contributed by atoms with Gasteiger partial charge in [-0.15, -0.1) is 11.3 Å². The number of nitrogens with zero attached hydrogens (tertiary/aromatic N) is 1. The predicted molar refractivity (Wildman–Crippen MR) is 118 cm³/mol. The molecule has 1 atom stereocenters. The highest BCUT2D eigenvalue weighted by Gasteiger charge is 2.50. The van der Waals surface area contributed by atoms with E-state index in [-0.39, 0.29) is 17.4 Å². The molecule has 2 fully saturated rings. The first kappa shape index (κ1) is 20.7. The van der Waals surface area contributed by atoms with Crippen LogP contribution in [0.5, 0.6) is 5.75 Å². The highest BCUT2D eigenvalue weighted by atomic mass is 32.1.